The van der Waals surface area contributed by atoms with Gasteiger partial charge < -0.3 is 5.32 Å². The van der Waals surface area contributed by atoms with E-state index in [0.717, 1.165) is 27.3 Å². The van der Waals surface area contributed by atoms with Crippen LogP contribution < -0.4 is 9.62 Å². The molecule has 1 N–H and O–H groups in total. The first-order valence-electron chi connectivity index (χ1n) is 9.49. The number of aryl methyl sites for hydroxylation is 1. The second kappa shape index (κ2) is 9.73. The van der Waals surface area contributed by atoms with Crippen molar-refractivity contribution in [3.05, 3.63) is 99.5 Å². The number of halogens is 2. The summed E-state index contributed by atoms with van der Waals surface area (Å²) in [5.74, 6) is -0.450. The molecular weight excluding hydrogens is 455 g/mol. The van der Waals surface area contributed by atoms with Gasteiger partial charge in [-0.05, 0) is 41.8 Å². The van der Waals surface area contributed by atoms with Gasteiger partial charge in [0.05, 0.1) is 28.0 Å². The molecule has 162 valence electrons. The Morgan fingerprint density at radius 2 is 1.61 bits per heavy atom. The first-order valence-corrected chi connectivity index (χ1v) is 12.1. The van der Waals surface area contributed by atoms with Crippen molar-refractivity contribution in [3.8, 4) is 0 Å². The molecule has 0 aliphatic rings. The SMILES string of the molecule is Cc1ccccc1C(NC(=O)CN(c1ccc(Cl)c(Cl)c1)S(C)(=O)=O)c1ccccc1. The van der Waals surface area contributed by atoms with Crippen LogP contribution in [0.1, 0.15) is 22.7 Å². The van der Waals surface area contributed by atoms with Crippen LogP contribution in [0.2, 0.25) is 10.0 Å². The molecule has 8 heteroatoms. The van der Waals surface area contributed by atoms with E-state index in [1.54, 1.807) is 0 Å². The highest BCUT2D eigenvalue weighted by Gasteiger charge is 2.24. The van der Waals surface area contributed by atoms with E-state index in [2.05, 4.69) is 5.32 Å². The third-order valence-corrected chi connectivity index (χ3v) is 6.70. The number of hydrogen-bond acceptors (Lipinski definition) is 3. The standard InChI is InChI=1S/C23H22Cl2N2O3S/c1-16-8-6-7-11-19(16)23(17-9-4-3-5-10-17)26-22(28)15-27(31(2,29)30)18-12-13-20(24)21(25)14-18/h3-14,23H,15H2,1-2H3,(H,26,28). The minimum atomic E-state index is -3.75. The second-order valence-corrected chi connectivity index (χ2v) is 9.86. The molecule has 1 amide bonds. The summed E-state index contributed by atoms with van der Waals surface area (Å²) >= 11 is 12.0. The largest absolute Gasteiger partial charge is 0.344 e. The molecule has 3 aromatic carbocycles. The number of hydrogen-bond donors (Lipinski definition) is 1. The summed E-state index contributed by atoms with van der Waals surface area (Å²) in [5, 5.41) is 3.49. The van der Waals surface area contributed by atoms with Crippen LogP contribution in [0.5, 0.6) is 0 Å². The summed E-state index contributed by atoms with van der Waals surface area (Å²) in [6, 6.07) is 21.3. The zero-order valence-electron chi connectivity index (χ0n) is 17.0. The van der Waals surface area contributed by atoms with Gasteiger partial charge in [0.15, 0.2) is 0 Å². The molecule has 0 radical (unpaired) electrons. The average Bonchev–Trinajstić information content (AvgIpc) is 2.73. The molecule has 1 unspecified atom stereocenters. The van der Waals surface area contributed by atoms with Crippen molar-refractivity contribution in [2.24, 2.45) is 0 Å². The van der Waals surface area contributed by atoms with Crippen molar-refractivity contribution < 1.29 is 13.2 Å². The maximum Gasteiger partial charge on any atom is 0.241 e. The van der Waals surface area contributed by atoms with Gasteiger partial charge in [-0.1, -0.05) is 77.8 Å². The highest BCUT2D eigenvalue weighted by atomic mass is 35.5. The number of amides is 1. The molecule has 5 nitrogen and oxygen atoms in total. The number of rotatable bonds is 7. The molecular formula is C23H22Cl2N2O3S. The Labute approximate surface area is 192 Å². The molecule has 1 atom stereocenters. The van der Waals surface area contributed by atoms with Crippen molar-refractivity contribution in [1.29, 1.82) is 0 Å². The van der Waals surface area contributed by atoms with E-state index in [1.807, 2.05) is 61.5 Å². The molecule has 0 saturated heterocycles. The summed E-state index contributed by atoms with van der Waals surface area (Å²) in [7, 11) is -3.75. The average molecular weight is 477 g/mol. The van der Waals surface area contributed by atoms with Crippen LogP contribution in [0.15, 0.2) is 72.8 Å². The van der Waals surface area contributed by atoms with Crippen LogP contribution in [0.4, 0.5) is 5.69 Å². The van der Waals surface area contributed by atoms with Crippen LogP contribution >= 0.6 is 23.2 Å². The summed E-state index contributed by atoms with van der Waals surface area (Å²) in [5.41, 5.74) is 3.10. The van der Waals surface area contributed by atoms with Crippen molar-refractivity contribution in [2.45, 2.75) is 13.0 Å². The Morgan fingerprint density at radius 1 is 0.968 bits per heavy atom. The number of nitrogens with one attached hydrogen (secondary N) is 1. The topological polar surface area (TPSA) is 66.5 Å². The number of carbonyl (C=O) groups is 1. The van der Waals surface area contributed by atoms with Gasteiger partial charge in [0, 0.05) is 0 Å². The molecule has 0 saturated carbocycles. The lowest BCUT2D eigenvalue weighted by molar-refractivity contribution is -0.120. The molecule has 31 heavy (non-hydrogen) atoms. The fraction of sp³-hybridized carbons (Fsp3) is 0.174. The second-order valence-electron chi connectivity index (χ2n) is 7.14. The Morgan fingerprint density at radius 3 is 2.23 bits per heavy atom. The number of sulfonamides is 1. The smallest absolute Gasteiger partial charge is 0.241 e. The monoisotopic (exact) mass is 476 g/mol. The number of nitrogens with zero attached hydrogens (tertiary/aromatic N) is 1. The summed E-state index contributed by atoms with van der Waals surface area (Å²) in [6.07, 6.45) is 1.04. The fourth-order valence-corrected chi connectivity index (χ4v) is 4.41. The lowest BCUT2D eigenvalue weighted by Gasteiger charge is -2.25. The maximum atomic E-state index is 13.0. The molecule has 0 aromatic heterocycles. The normalized spacial score (nSPS) is 12.3. The van der Waals surface area contributed by atoms with Crippen molar-refractivity contribution in [1.82, 2.24) is 5.32 Å². The van der Waals surface area contributed by atoms with E-state index in [0.29, 0.717) is 5.02 Å². The third kappa shape index (κ3) is 5.79. The number of anilines is 1. The van der Waals surface area contributed by atoms with Gasteiger partial charge in [-0.25, -0.2) is 8.42 Å². The highest BCUT2D eigenvalue weighted by molar-refractivity contribution is 7.92. The molecule has 0 aliphatic heterocycles. The summed E-state index contributed by atoms with van der Waals surface area (Å²) < 4.78 is 25.8. The van der Waals surface area contributed by atoms with Gasteiger partial charge in [-0.15, -0.1) is 0 Å². The van der Waals surface area contributed by atoms with Crippen molar-refractivity contribution >= 4 is 44.8 Å². The first-order chi connectivity index (χ1) is 14.7. The van der Waals surface area contributed by atoms with Crippen molar-refractivity contribution in [2.75, 3.05) is 17.1 Å². The molecule has 3 rings (SSSR count). The van der Waals surface area contributed by atoms with Gasteiger partial charge in [0.1, 0.15) is 6.54 Å². The molecule has 0 heterocycles. The lowest BCUT2D eigenvalue weighted by Crippen LogP contribution is -2.42. The van der Waals surface area contributed by atoms with Gasteiger partial charge in [-0.3, -0.25) is 9.10 Å². The number of carbonyl (C=O) groups excluding carboxylic acids is 1. The predicted molar refractivity (Wildman–Crippen MR) is 126 cm³/mol. The lowest BCUT2D eigenvalue weighted by atomic mass is 9.95. The van der Waals surface area contributed by atoms with Crippen LogP contribution in [-0.4, -0.2) is 27.1 Å². The fourth-order valence-electron chi connectivity index (χ4n) is 3.27. The van der Waals surface area contributed by atoms with E-state index >= 15 is 0 Å². The van der Waals surface area contributed by atoms with Crippen LogP contribution in [-0.2, 0) is 14.8 Å². The Hall–Kier alpha value is -2.54. The summed E-state index contributed by atoms with van der Waals surface area (Å²) in [6.45, 7) is 1.57. The van der Waals surface area contributed by atoms with E-state index in [4.69, 9.17) is 23.2 Å². The molecule has 0 aliphatic carbocycles. The van der Waals surface area contributed by atoms with E-state index in [1.165, 1.54) is 18.2 Å². The maximum absolute atomic E-state index is 13.0. The van der Waals surface area contributed by atoms with Crippen LogP contribution in [0.3, 0.4) is 0 Å². The first kappa shape index (κ1) is 23.1. The Balaban J connectivity index is 1.92. The van der Waals surface area contributed by atoms with Gasteiger partial charge in [0.25, 0.3) is 0 Å². The highest BCUT2D eigenvalue weighted by Crippen LogP contribution is 2.29. The Bertz CT molecular complexity index is 1180. The predicted octanol–water partition coefficient (Wildman–Crippen LogP) is 4.97. The van der Waals surface area contributed by atoms with E-state index in [-0.39, 0.29) is 10.7 Å². The molecule has 0 bridgehead atoms. The molecule has 3 aromatic rings. The third-order valence-electron chi connectivity index (χ3n) is 4.82. The van der Waals surface area contributed by atoms with Gasteiger partial charge in [0.2, 0.25) is 15.9 Å². The van der Waals surface area contributed by atoms with Crippen LogP contribution in [0.25, 0.3) is 0 Å². The van der Waals surface area contributed by atoms with Gasteiger partial charge in [-0.2, -0.15) is 0 Å². The van der Waals surface area contributed by atoms with E-state index < -0.39 is 28.5 Å². The van der Waals surface area contributed by atoms with Crippen LogP contribution in [0, 0.1) is 6.92 Å². The molecule has 0 fully saturated rings. The minimum absolute atomic E-state index is 0.204. The Kier molecular flexibility index (Phi) is 7.26. The zero-order chi connectivity index (χ0) is 22.6. The van der Waals surface area contributed by atoms with Gasteiger partial charge >= 0.3 is 0 Å². The molecule has 0 spiro atoms. The quantitative estimate of drug-likeness (QED) is 0.523. The zero-order valence-corrected chi connectivity index (χ0v) is 19.4. The number of benzene rings is 3. The minimum Gasteiger partial charge on any atom is -0.344 e. The van der Waals surface area contributed by atoms with E-state index in [9.17, 15) is 13.2 Å². The van der Waals surface area contributed by atoms with Crippen molar-refractivity contribution in [3.63, 3.8) is 0 Å². The summed E-state index contributed by atoms with van der Waals surface area (Å²) in [4.78, 5) is 13.0.